The van der Waals surface area contributed by atoms with Gasteiger partial charge in [-0.2, -0.15) is 0 Å². The number of benzene rings is 1. The zero-order valence-corrected chi connectivity index (χ0v) is 13.4. The van der Waals surface area contributed by atoms with Gasteiger partial charge < -0.3 is 4.74 Å². The summed E-state index contributed by atoms with van der Waals surface area (Å²) in [6.45, 7) is 7.93. The van der Waals surface area contributed by atoms with Crippen LogP contribution in [0, 0.1) is 6.92 Å². The molecule has 1 amide bonds. The van der Waals surface area contributed by atoms with E-state index in [0.717, 1.165) is 16.9 Å². The fourth-order valence-electron chi connectivity index (χ4n) is 1.90. The molecule has 2 rings (SSSR count). The molecule has 0 aliphatic heterocycles. The monoisotopic (exact) mass is 305 g/mol. The summed E-state index contributed by atoms with van der Waals surface area (Å²) in [4.78, 5) is 12.1. The van der Waals surface area contributed by atoms with E-state index < -0.39 is 6.10 Å². The van der Waals surface area contributed by atoms with Crippen molar-refractivity contribution in [3.05, 3.63) is 34.8 Å². The molecule has 0 saturated heterocycles. The highest BCUT2D eigenvalue weighted by Gasteiger charge is 2.18. The highest BCUT2D eigenvalue weighted by molar-refractivity contribution is 7.13. The van der Waals surface area contributed by atoms with Gasteiger partial charge in [-0.05, 0) is 37.0 Å². The highest BCUT2D eigenvalue weighted by Crippen LogP contribution is 2.28. The Morgan fingerprint density at radius 2 is 2.10 bits per heavy atom. The van der Waals surface area contributed by atoms with Crippen molar-refractivity contribution in [1.29, 1.82) is 0 Å². The summed E-state index contributed by atoms with van der Waals surface area (Å²) in [5, 5.41) is 10.6. The molecule has 0 spiro atoms. The van der Waals surface area contributed by atoms with E-state index in [1.807, 2.05) is 25.1 Å². The van der Waals surface area contributed by atoms with Crippen LogP contribution in [-0.4, -0.2) is 22.2 Å². The number of aryl methyl sites for hydroxylation is 1. The highest BCUT2D eigenvalue weighted by atomic mass is 32.1. The van der Waals surface area contributed by atoms with Crippen LogP contribution in [0.4, 0.5) is 5.13 Å². The van der Waals surface area contributed by atoms with E-state index in [2.05, 4.69) is 29.4 Å². The number of rotatable bonds is 5. The predicted octanol–water partition coefficient (Wildman–Crippen LogP) is 3.38. The lowest BCUT2D eigenvalue weighted by molar-refractivity contribution is -0.122. The first-order valence-electron chi connectivity index (χ1n) is 6.81. The summed E-state index contributed by atoms with van der Waals surface area (Å²) in [5.41, 5.74) is 3.76. The number of carbonyl (C=O) groups excluding carboxylic acids is 1. The molecule has 1 N–H and O–H groups in total. The van der Waals surface area contributed by atoms with Crippen molar-refractivity contribution in [2.24, 2.45) is 0 Å². The molecule has 21 heavy (non-hydrogen) atoms. The molecule has 0 radical (unpaired) electrons. The molecule has 6 heteroatoms. The van der Waals surface area contributed by atoms with E-state index >= 15 is 0 Å². The standard InChI is InChI=1S/C15H19N3O2S/c1-9(2)12-6-5-10(3)7-13(12)20-11(4)14(19)17-15-18-16-8-21-15/h5-9,11H,1-4H3,(H,17,18,19). The van der Waals surface area contributed by atoms with Crippen molar-refractivity contribution in [3.63, 3.8) is 0 Å². The quantitative estimate of drug-likeness (QED) is 0.920. The Balaban J connectivity index is 2.10. The number of anilines is 1. The van der Waals surface area contributed by atoms with Gasteiger partial charge in [0.05, 0.1) is 0 Å². The van der Waals surface area contributed by atoms with E-state index in [0.29, 0.717) is 11.0 Å². The molecule has 0 aliphatic carbocycles. The zero-order chi connectivity index (χ0) is 15.4. The van der Waals surface area contributed by atoms with Crippen molar-refractivity contribution in [3.8, 4) is 5.75 Å². The molecule has 0 fully saturated rings. The first-order chi connectivity index (χ1) is 9.97. The van der Waals surface area contributed by atoms with Crippen LogP contribution in [0.1, 0.15) is 37.8 Å². The van der Waals surface area contributed by atoms with Crippen molar-refractivity contribution < 1.29 is 9.53 Å². The van der Waals surface area contributed by atoms with Gasteiger partial charge in [0.25, 0.3) is 5.91 Å². The third kappa shape index (κ3) is 4.01. The van der Waals surface area contributed by atoms with Crippen LogP contribution in [0.15, 0.2) is 23.7 Å². The summed E-state index contributed by atoms with van der Waals surface area (Å²) in [7, 11) is 0. The maximum Gasteiger partial charge on any atom is 0.266 e. The van der Waals surface area contributed by atoms with Crippen LogP contribution in [0.2, 0.25) is 0 Å². The number of nitrogens with zero attached hydrogens (tertiary/aromatic N) is 2. The Morgan fingerprint density at radius 3 is 2.71 bits per heavy atom. The van der Waals surface area contributed by atoms with Gasteiger partial charge in [0.15, 0.2) is 6.10 Å². The van der Waals surface area contributed by atoms with Gasteiger partial charge in [0.2, 0.25) is 5.13 Å². The number of amides is 1. The first kappa shape index (κ1) is 15.4. The minimum absolute atomic E-state index is 0.233. The second kappa shape index (κ2) is 6.67. The van der Waals surface area contributed by atoms with E-state index in [9.17, 15) is 4.79 Å². The van der Waals surface area contributed by atoms with Gasteiger partial charge in [-0.15, -0.1) is 10.2 Å². The normalized spacial score (nSPS) is 12.2. The summed E-state index contributed by atoms with van der Waals surface area (Å²) < 4.78 is 5.84. The fourth-order valence-corrected chi connectivity index (χ4v) is 2.35. The van der Waals surface area contributed by atoms with Crippen LogP contribution in [-0.2, 0) is 4.79 Å². The average molecular weight is 305 g/mol. The average Bonchev–Trinajstić information content (AvgIpc) is 2.91. The van der Waals surface area contributed by atoms with Crippen molar-refractivity contribution in [2.75, 3.05) is 5.32 Å². The second-order valence-electron chi connectivity index (χ2n) is 5.19. The lowest BCUT2D eigenvalue weighted by Crippen LogP contribution is -2.30. The maximum absolute atomic E-state index is 12.1. The molecule has 1 aromatic carbocycles. The van der Waals surface area contributed by atoms with Crippen LogP contribution >= 0.6 is 11.3 Å². The number of hydrogen-bond donors (Lipinski definition) is 1. The van der Waals surface area contributed by atoms with Gasteiger partial charge in [-0.25, -0.2) is 0 Å². The van der Waals surface area contributed by atoms with E-state index in [1.165, 1.54) is 11.3 Å². The smallest absolute Gasteiger partial charge is 0.266 e. The number of aromatic nitrogens is 2. The van der Waals surface area contributed by atoms with Crippen molar-refractivity contribution in [1.82, 2.24) is 10.2 Å². The summed E-state index contributed by atoms with van der Waals surface area (Å²) >= 11 is 1.28. The molecule has 0 bridgehead atoms. The molecule has 0 aliphatic rings. The Bertz CT molecular complexity index is 611. The Kier molecular flexibility index (Phi) is 4.90. The maximum atomic E-state index is 12.1. The molecular weight excluding hydrogens is 286 g/mol. The molecule has 1 atom stereocenters. The van der Waals surface area contributed by atoms with E-state index in [-0.39, 0.29) is 5.91 Å². The molecule has 5 nitrogen and oxygen atoms in total. The third-order valence-corrected chi connectivity index (χ3v) is 3.66. The van der Waals surface area contributed by atoms with Crippen LogP contribution in [0.25, 0.3) is 0 Å². The van der Waals surface area contributed by atoms with Gasteiger partial charge >= 0.3 is 0 Å². The molecule has 2 aromatic rings. The number of hydrogen-bond acceptors (Lipinski definition) is 5. The number of nitrogens with one attached hydrogen (secondary N) is 1. The minimum atomic E-state index is -0.604. The lowest BCUT2D eigenvalue weighted by Gasteiger charge is -2.18. The summed E-state index contributed by atoms with van der Waals surface area (Å²) in [6, 6.07) is 6.06. The largest absolute Gasteiger partial charge is 0.481 e. The Hall–Kier alpha value is -1.95. The van der Waals surface area contributed by atoms with E-state index in [4.69, 9.17) is 4.74 Å². The summed E-state index contributed by atoms with van der Waals surface area (Å²) in [6.07, 6.45) is -0.604. The SMILES string of the molecule is Cc1ccc(C(C)C)c(OC(C)C(=O)Nc2nncs2)c1. The topological polar surface area (TPSA) is 64.1 Å². The van der Waals surface area contributed by atoms with Crippen LogP contribution in [0.3, 0.4) is 0 Å². The zero-order valence-electron chi connectivity index (χ0n) is 12.6. The minimum Gasteiger partial charge on any atom is -0.481 e. The van der Waals surface area contributed by atoms with Gasteiger partial charge in [-0.1, -0.05) is 37.3 Å². The van der Waals surface area contributed by atoms with Gasteiger partial charge in [-0.3, -0.25) is 10.1 Å². The molecule has 1 heterocycles. The van der Waals surface area contributed by atoms with Crippen molar-refractivity contribution >= 4 is 22.4 Å². The molecule has 1 unspecified atom stereocenters. The predicted molar refractivity (Wildman–Crippen MR) is 83.9 cm³/mol. The number of ether oxygens (including phenoxy) is 1. The number of carbonyl (C=O) groups is 1. The van der Waals surface area contributed by atoms with Gasteiger partial charge in [0.1, 0.15) is 11.3 Å². The Labute approximate surface area is 128 Å². The van der Waals surface area contributed by atoms with Crippen molar-refractivity contribution in [2.45, 2.75) is 39.7 Å². The molecular formula is C15H19N3O2S. The summed E-state index contributed by atoms with van der Waals surface area (Å²) in [5.74, 6) is 0.854. The van der Waals surface area contributed by atoms with E-state index in [1.54, 1.807) is 12.4 Å². The lowest BCUT2D eigenvalue weighted by atomic mass is 10.0. The van der Waals surface area contributed by atoms with Crippen LogP contribution < -0.4 is 10.1 Å². The molecule has 0 saturated carbocycles. The Morgan fingerprint density at radius 1 is 1.33 bits per heavy atom. The fraction of sp³-hybridized carbons (Fsp3) is 0.400. The van der Waals surface area contributed by atoms with Crippen LogP contribution in [0.5, 0.6) is 5.75 Å². The second-order valence-corrected chi connectivity index (χ2v) is 6.02. The molecule has 1 aromatic heterocycles. The van der Waals surface area contributed by atoms with Gasteiger partial charge in [0, 0.05) is 0 Å². The third-order valence-electron chi connectivity index (χ3n) is 3.05. The first-order valence-corrected chi connectivity index (χ1v) is 7.69. The molecule has 112 valence electrons.